The molecule has 1 heterocycles. The van der Waals surface area contributed by atoms with Gasteiger partial charge < -0.3 is 9.80 Å². The number of hydrogen-bond acceptors (Lipinski definition) is 3. The van der Waals surface area contributed by atoms with Gasteiger partial charge in [0.1, 0.15) is 5.78 Å². The molecule has 0 bridgehead atoms. The molecule has 0 N–H and O–H groups in total. The molecule has 1 aromatic rings. The van der Waals surface area contributed by atoms with Gasteiger partial charge in [-0.2, -0.15) is 0 Å². The Bertz CT molecular complexity index is 438. The van der Waals surface area contributed by atoms with Crippen molar-refractivity contribution in [2.45, 2.75) is 25.7 Å². The maximum absolute atomic E-state index is 12.2. The maximum atomic E-state index is 12.2. The SMILES string of the molecule is CC(=O)C(C)(CCN1CCN(C)CC1)c1ccccc1. The van der Waals surface area contributed by atoms with E-state index < -0.39 is 0 Å². The minimum Gasteiger partial charge on any atom is -0.304 e. The molecular weight excluding hydrogens is 248 g/mol. The molecule has 0 aliphatic carbocycles. The first kappa shape index (κ1) is 15.2. The van der Waals surface area contributed by atoms with Crippen LogP contribution in [0.4, 0.5) is 0 Å². The molecule has 0 amide bonds. The molecule has 20 heavy (non-hydrogen) atoms. The molecule has 0 aromatic heterocycles. The highest BCUT2D eigenvalue weighted by molar-refractivity contribution is 5.87. The van der Waals surface area contributed by atoms with Crippen molar-refractivity contribution in [3.05, 3.63) is 35.9 Å². The molecule has 1 atom stereocenters. The fourth-order valence-electron chi connectivity index (χ4n) is 2.78. The van der Waals surface area contributed by atoms with Crippen LogP contribution in [0.1, 0.15) is 25.8 Å². The molecule has 3 heteroatoms. The fourth-order valence-corrected chi connectivity index (χ4v) is 2.78. The van der Waals surface area contributed by atoms with E-state index in [1.54, 1.807) is 6.92 Å². The monoisotopic (exact) mass is 274 g/mol. The van der Waals surface area contributed by atoms with E-state index in [9.17, 15) is 4.79 Å². The number of Topliss-reactive ketones (excluding diaryl/α,β-unsaturated/α-hetero) is 1. The minimum absolute atomic E-state index is 0.262. The van der Waals surface area contributed by atoms with Crippen LogP contribution in [0.2, 0.25) is 0 Å². The third-order valence-corrected chi connectivity index (χ3v) is 4.71. The summed E-state index contributed by atoms with van der Waals surface area (Å²) in [7, 11) is 2.17. The Kier molecular flexibility index (Phi) is 4.95. The van der Waals surface area contributed by atoms with Crippen LogP contribution in [0.25, 0.3) is 0 Å². The number of carbonyl (C=O) groups is 1. The molecule has 1 fully saturated rings. The Morgan fingerprint density at radius 3 is 2.30 bits per heavy atom. The first-order valence-electron chi connectivity index (χ1n) is 7.50. The predicted octanol–water partition coefficient (Wildman–Crippen LogP) is 2.17. The Labute approximate surface area is 122 Å². The largest absolute Gasteiger partial charge is 0.304 e. The Balaban J connectivity index is 2.01. The van der Waals surface area contributed by atoms with Gasteiger partial charge in [0.15, 0.2) is 0 Å². The van der Waals surface area contributed by atoms with E-state index in [4.69, 9.17) is 0 Å². The van der Waals surface area contributed by atoms with Gasteiger partial charge in [0, 0.05) is 26.2 Å². The summed E-state index contributed by atoms with van der Waals surface area (Å²) < 4.78 is 0. The lowest BCUT2D eigenvalue weighted by Crippen LogP contribution is -2.46. The maximum Gasteiger partial charge on any atom is 0.140 e. The molecule has 1 aliphatic rings. The van der Waals surface area contributed by atoms with Crippen LogP contribution in [-0.2, 0) is 10.2 Å². The average Bonchev–Trinajstić information content (AvgIpc) is 2.47. The summed E-state index contributed by atoms with van der Waals surface area (Å²) in [6, 6.07) is 10.2. The number of hydrogen-bond donors (Lipinski definition) is 0. The molecule has 1 aliphatic heterocycles. The van der Waals surface area contributed by atoms with Gasteiger partial charge in [0.05, 0.1) is 5.41 Å². The van der Waals surface area contributed by atoms with E-state index in [0.29, 0.717) is 0 Å². The highest BCUT2D eigenvalue weighted by atomic mass is 16.1. The van der Waals surface area contributed by atoms with Gasteiger partial charge in [-0.1, -0.05) is 30.3 Å². The Hall–Kier alpha value is -1.19. The van der Waals surface area contributed by atoms with Crippen LogP contribution in [-0.4, -0.2) is 55.4 Å². The van der Waals surface area contributed by atoms with Gasteiger partial charge in [0.2, 0.25) is 0 Å². The average molecular weight is 274 g/mol. The Morgan fingerprint density at radius 1 is 1.15 bits per heavy atom. The van der Waals surface area contributed by atoms with E-state index >= 15 is 0 Å². The van der Waals surface area contributed by atoms with Gasteiger partial charge in [-0.15, -0.1) is 0 Å². The molecule has 3 nitrogen and oxygen atoms in total. The summed E-state index contributed by atoms with van der Waals surface area (Å²) in [6.45, 7) is 9.28. The highest BCUT2D eigenvalue weighted by Crippen LogP contribution is 2.29. The first-order chi connectivity index (χ1) is 9.52. The van der Waals surface area contributed by atoms with Crippen LogP contribution in [0, 0.1) is 0 Å². The standard InChI is InChI=1S/C17H26N2O/c1-15(20)17(2,16-7-5-4-6-8-16)9-10-19-13-11-18(3)12-14-19/h4-8H,9-14H2,1-3H3. The third kappa shape index (κ3) is 3.47. The topological polar surface area (TPSA) is 23.6 Å². The van der Waals surface area contributed by atoms with Crippen LogP contribution < -0.4 is 0 Å². The number of piperazine rings is 1. The lowest BCUT2D eigenvalue weighted by molar-refractivity contribution is -0.122. The van der Waals surface area contributed by atoms with Crippen LogP contribution in [0.3, 0.4) is 0 Å². The van der Waals surface area contributed by atoms with E-state index in [-0.39, 0.29) is 11.2 Å². The van der Waals surface area contributed by atoms with Crippen molar-refractivity contribution in [2.75, 3.05) is 39.8 Å². The number of likely N-dealkylation sites (N-methyl/N-ethyl adjacent to an activating group) is 1. The fraction of sp³-hybridized carbons (Fsp3) is 0.588. The molecule has 0 radical (unpaired) electrons. The van der Waals surface area contributed by atoms with Gasteiger partial charge >= 0.3 is 0 Å². The molecule has 1 saturated heterocycles. The van der Waals surface area contributed by atoms with Crippen molar-refractivity contribution in [1.29, 1.82) is 0 Å². The number of nitrogens with zero attached hydrogens (tertiary/aromatic N) is 2. The van der Waals surface area contributed by atoms with Gasteiger partial charge in [-0.05, 0) is 39.4 Å². The van der Waals surface area contributed by atoms with Crippen LogP contribution in [0.15, 0.2) is 30.3 Å². The van der Waals surface area contributed by atoms with Gasteiger partial charge in [-0.25, -0.2) is 0 Å². The minimum atomic E-state index is -0.357. The molecule has 2 rings (SSSR count). The number of rotatable bonds is 5. The zero-order chi connectivity index (χ0) is 14.6. The second-order valence-electron chi connectivity index (χ2n) is 6.15. The third-order valence-electron chi connectivity index (χ3n) is 4.71. The van der Waals surface area contributed by atoms with E-state index in [0.717, 1.165) is 44.7 Å². The highest BCUT2D eigenvalue weighted by Gasteiger charge is 2.32. The van der Waals surface area contributed by atoms with Crippen LogP contribution in [0.5, 0.6) is 0 Å². The van der Waals surface area contributed by atoms with E-state index in [1.165, 1.54) is 0 Å². The quantitative estimate of drug-likeness (QED) is 0.822. The smallest absolute Gasteiger partial charge is 0.140 e. The predicted molar refractivity (Wildman–Crippen MR) is 83.0 cm³/mol. The molecule has 0 saturated carbocycles. The van der Waals surface area contributed by atoms with Gasteiger partial charge in [-0.3, -0.25) is 4.79 Å². The zero-order valence-corrected chi connectivity index (χ0v) is 12.9. The number of benzene rings is 1. The van der Waals surface area contributed by atoms with Crippen LogP contribution >= 0.6 is 0 Å². The molecule has 1 aromatic carbocycles. The summed E-state index contributed by atoms with van der Waals surface area (Å²) in [6.07, 6.45) is 0.899. The van der Waals surface area contributed by atoms with E-state index in [2.05, 4.69) is 35.9 Å². The van der Waals surface area contributed by atoms with Gasteiger partial charge in [0.25, 0.3) is 0 Å². The van der Waals surface area contributed by atoms with E-state index in [1.807, 2.05) is 18.2 Å². The summed E-state index contributed by atoms with van der Waals surface area (Å²) in [5.74, 6) is 0.262. The van der Waals surface area contributed by atoms with Crippen molar-refractivity contribution < 1.29 is 4.79 Å². The Morgan fingerprint density at radius 2 is 1.75 bits per heavy atom. The lowest BCUT2D eigenvalue weighted by Gasteiger charge is -2.35. The van der Waals surface area contributed by atoms with Crippen molar-refractivity contribution in [1.82, 2.24) is 9.80 Å². The van der Waals surface area contributed by atoms with Crippen molar-refractivity contribution in [2.24, 2.45) is 0 Å². The second kappa shape index (κ2) is 6.51. The molecule has 110 valence electrons. The lowest BCUT2D eigenvalue weighted by atomic mass is 9.76. The molecular formula is C17H26N2O. The van der Waals surface area contributed by atoms with Crippen molar-refractivity contribution in [3.8, 4) is 0 Å². The van der Waals surface area contributed by atoms with Crippen molar-refractivity contribution >= 4 is 5.78 Å². The summed E-state index contributed by atoms with van der Waals surface area (Å²) >= 11 is 0. The number of carbonyl (C=O) groups excluding carboxylic acids is 1. The normalized spacial score (nSPS) is 20.6. The first-order valence-corrected chi connectivity index (χ1v) is 7.50. The van der Waals surface area contributed by atoms with Crippen molar-refractivity contribution in [3.63, 3.8) is 0 Å². The summed E-state index contributed by atoms with van der Waals surface area (Å²) in [5.41, 5.74) is 0.784. The zero-order valence-electron chi connectivity index (χ0n) is 12.9. The molecule has 0 spiro atoms. The summed E-state index contributed by atoms with van der Waals surface area (Å²) in [4.78, 5) is 17.0. The molecule has 1 unspecified atom stereocenters. The second-order valence-corrected chi connectivity index (χ2v) is 6.15. The number of ketones is 1. The summed E-state index contributed by atoms with van der Waals surface area (Å²) in [5, 5.41) is 0.